The molecule has 0 saturated carbocycles. The predicted molar refractivity (Wildman–Crippen MR) is 75.7 cm³/mol. The van der Waals surface area contributed by atoms with E-state index < -0.39 is 0 Å². The Morgan fingerprint density at radius 2 is 2.28 bits per heavy atom. The molecule has 3 heterocycles. The number of rotatable bonds is 3. The molecule has 0 aliphatic carbocycles. The van der Waals surface area contributed by atoms with E-state index in [1.165, 1.54) is 0 Å². The van der Waals surface area contributed by atoms with Crippen LogP contribution in [0.25, 0.3) is 22.5 Å². The Morgan fingerprint density at radius 1 is 1.33 bits per heavy atom. The van der Waals surface area contributed by atoms with Crippen LogP contribution in [0.5, 0.6) is 0 Å². The van der Waals surface area contributed by atoms with Crippen LogP contribution in [0, 0.1) is 0 Å². The smallest absolute Gasteiger partial charge is 0.269 e. The van der Waals surface area contributed by atoms with E-state index in [2.05, 4.69) is 10.1 Å². The first-order valence-electron chi connectivity index (χ1n) is 5.10. The summed E-state index contributed by atoms with van der Waals surface area (Å²) in [6.07, 6.45) is 1.82. The Bertz CT molecular complexity index is 656. The molecular weight excluding hydrogens is 288 g/mol. The van der Waals surface area contributed by atoms with Crippen LogP contribution in [-0.2, 0) is 0 Å². The zero-order chi connectivity index (χ0) is 12.4. The van der Waals surface area contributed by atoms with Gasteiger partial charge in [-0.15, -0.1) is 11.3 Å². The molecule has 3 aromatic heterocycles. The monoisotopic (exact) mass is 294 g/mol. The van der Waals surface area contributed by atoms with Gasteiger partial charge in [0, 0.05) is 15.8 Å². The Labute approximate surface area is 116 Å². The second kappa shape index (κ2) is 5.06. The third kappa shape index (κ3) is 2.38. The summed E-state index contributed by atoms with van der Waals surface area (Å²) in [5, 5.41) is 10.3. The zero-order valence-electron chi connectivity index (χ0n) is 9.04. The number of halogens is 1. The summed E-state index contributed by atoms with van der Waals surface area (Å²) in [5.41, 5.74) is 0.940. The van der Waals surface area contributed by atoms with Crippen molar-refractivity contribution in [3.63, 3.8) is 0 Å². The molecule has 0 radical (unpaired) electrons. The highest BCUT2D eigenvalue weighted by atomic mass is 35.5. The molecule has 90 valence electrons. The van der Waals surface area contributed by atoms with Crippen molar-refractivity contribution in [3.8, 4) is 11.4 Å². The van der Waals surface area contributed by atoms with Crippen LogP contribution in [-0.4, -0.2) is 10.1 Å². The minimum atomic E-state index is 0.339. The summed E-state index contributed by atoms with van der Waals surface area (Å²) in [4.78, 5) is 5.32. The summed E-state index contributed by atoms with van der Waals surface area (Å²) in [5.74, 6) is 0.898. The predicted octanol–water partition coefficient (Wildman–Crippen LogP) is 4.60. The SMILES string of the molecule is Cl/C(=C\c1cccs1)c1nc(-c2ccsc2)no1. The van der Waals surface area contributed by atoms with Gasteiger partial charge in [-0.25, -0.2) is 0 Å². The van der Waals surface area contributed by atoms with Crippen molar-refractivity contribution in [1.82, 2.24) is 10.1 Å². The normalized spacial score (nSPS) is 11.9. The fraction of sp³-hybridized carbons (Fsp3) is 0. The standard InChI is InChI=1S/C12H7ClN2OS2/c13-10(6-9-2-1-4-18-9)12-14-11(15-16-12)8-3-5-17-7-8/h1-7H/b10-6-. The van der Waals surface area contributed by atoms with E-state index in [-0.39, 0.29) is 0 Å². The molecule has 0 atom stereocenters. The van der Waals surface area contributed by atoms with Gasteiger partial charge >= 0.3 is 0 Å². The van der Waals surface area contributed by atoms with Gasteiger partial charge in [0.2, 0.25) is 5.82 Å². The Morgan fingerprint density at radius 3 is 3.00 bits per heavy atom. The first kappa shape index (κ1) is 11.6. The molecule has 0 aliphatic heterocycles. The molecule has 6 heteroatoms. The van der Waals surface area contributed by atoms with Gasteiger partial charge in [-0.1, -0.05) is 22.8 Å². The van der Waals surface area contributed by atoms with Gasteiger partial charge < -0.3 is 4.52 Å². The molecule has 0 N–H and O–H groups in total. The van der Waals surface area contributed by atoms with Gasteiger partial charge in [0.15, 0.2) is 0 Å². The highest BCUT2D eigenvalue weighted by Gasteiger charge is 2.11. The molecule has 0 aromatic carbocycles. The van der Waals surface area contributed by atoms with Gasteiger partial charge in [0.05, 0.1) is 0 Å². The van der Waals surface area contributed by atoms with Crippen LogP contribution in [0.15, 0.2) is 38.9 Å². The van der Waals surface area contributed by atoms with E-state index in [0.717, 1.165) is 10.4 Å². The summed E-state index contributed by atoms with van der Waals surface area (Å²) < 4.78 is 5.15. The van der Waals surface area contributed by atoms with E-state index in [9.17, 15) is 0 Å². The van der Waals surface area contributed by atoms with E-state index in [1.807, 2.05) is 40.4 Å². The summed E-state index contributed by atoms with van der Waals surface area (Å²) in [7, 11) is 0. The molecule has 18 heavy (non-hydrogen) atoms. The van der Waals surface area contributed by atoms with Crippen molar-refractivity contribution in [2.45, 2.75) is 0 Å². The average molecular weight is 295 g/mol. The van der Waals surface area contributed by atoms with Crippen LogP contribution >= 0.6 is 34.3 Å². The lowest BCUT2D eigenvalue weighted by Gasteiger charge is -1.88. The third-order valence-electron chi connectivity index (χ3n) is 2.22. The largest absolute Gasteiger partial charge is 0.333 e. The van der Waals surface area contributed by atoms with Gasteiger partial charge in [-0.05, 0) is 29.0 Å². The number of thiophene rings is 2. The maximum atomic E-state index is 6.15. The van der Waals surface area contributed by atoms with Gasteiger partial charge in [0.25, 0.3) is 5.89 Å². The van der Waals surface area contributed by atoms with Crippen molar-refractivity contribution >= 4 is 45.4 Å². The second-order valence-electron chi connectivity index (χ2n) is 3.44. The first-order valence-corrected chi connectivity index (χ1v) is 7.30. The van der Waals surface area contributed by atoms with Crippen molar-refractivity contribution in [2.24, 2.45) is 0 Å². The molecule has 0 fully saturated rings. The minimum Gasteiger partial charge on any atom is -0.333 e. The summed E-state index contributed by atoms with van der Waals surface area (Å²) in [6.45, 7) is 0. The van der Waals surface area contributed by atoms with Crippen molar-refractivity contribution in [2.75, 3.05) is 0 Å². The lowest BCUT2D eigenvalue weighted by molar-refractivity contribution is 0.410. The van der Waals surface area contributed by atoms with Crippen LogP contribution in [0.2, 0.25) is 0 Å². The lowest BCUT2D eigenvalue weighted by Crippen LogP contribution is -1.78. The molecule has 0 bridgehead atoms. The quantitative estimate of drug-likeness (QED) is 0.709. The highest BCUT2D eigenvalue weighted by molar-refractivity contribution is 7.11. The highest BCUT2D eigenvalue weighted by Crippen LogP contribution is 2.25. The van der Waals surface area contributed by atoms with E-state index in [4.69, 9.17) is 16.1 Å². The molecule has 0 saturated heterocycles. The Balaban J connectivity index is 1.90. The molecule has 0 unspecified atom stereocenters. The fourth-order valence-corrected chi connectivity index (χ4v) is 2.94. The van der Waals surface area contributed by atoms with Crippen LogP contribution < -0.4 is 0 Å². The molecular formula is C12H7ClN2OS2. The van der Waals surface area contributed by atoms with Crippen LogP contribution in [0.3, 0.4) is 0 Å². The van der Waals surface area contributed by atoms with Crippen LogP contribution in [0.1, 0.15) is 10.8 Å². The van der Waals surface area contributed by atoms with E-state index in [0.29, 0.717) is 16.7 Å². The Hall–Kier alpha value is -1.43. The van der Waals surface area contributed by atoms with E-state index >= 15 is 0 Å². The van der Waals surface area contributed by atoms with Gasteiger partial charge in [-0.3, -0.25) is 0 Å². The maximum Gasteiger partial charge on any atom is 0.269 e. The third-order valence-corrected chi connectivity index (χ3v) is 4.00. The van der Waals surface area contributed by atoms with Crippen LogP contribution in [0.4, 0.5) is 0 Å². The fourth-order valence-electron chi connectivity index (χ4n) is 1.39. The molecule has 0 amide bonds. The average Bonchev–Trinajstić information content (AvgIpc) is 3.11. The lowest BCUT2D eigenvalue weighted by atomic mass is 10.3. The van der Waals surface area contributed by atoms with E-state index in [1.54, 1.807) is 22.7 Å². The second-order valence-corrected chi connectivity index (χ2v) is 5.61. The zero-order valence-corrected chi connectivity index (χ0v) is 11.4. The van der Waals surface area contributed by atoms with Crippen molar-refractivity contribution < 1.29 is 4.52 Å². The minimum absolute atomic E-state index is 0.339. The molecule has 3 nitrogen and oxygen atoms in total. The molecule has 3 rings (SSSR count). The number of nitrogens with zero attached hydrogens (tertiary/aromatic N) is 2. The number of hydrogen-bond acceptors (Lipinski definition) is 5. The first-order chi connectivity index (χ1) is 8.83. The topological polar surface area (TPSA) is 38.9 Å². The molecule has 0 aliphatic rings. The summed E-state index contributed by atoms with van der Waals surface area (Å²) >= 11 is 9.34. The maximum absolute atomic E-state index is 6.15. The van der Waals surface area contributed by atoms with Crippen molar-refractivity contribution in [3.05, 3.63) is 45.1 Å². The molecule has 3 aromatic rings. The summed E-state index contributed by atoms with van der Waals surface area (Å²) in [6, 6.07) is 5.88. The Kier molecular flexibility index (Phi) is 3.27. The number of aromatic nitrogens is 2. The number of hydrogen-bond donors (Lipinski definition) is 0. The van der Waals surface area contributed by atoms with Crippen molar-refractivity contribution in [1.29, 1.82) is 0 Å². The van der Waals surface area contributed by atoms with Gasteiger partial charge in [0.1, 0.15) is 5.03 Å². The van der Waals surface area contributed by atoms with Gasteiger partial charge in [-0.2, -0.15) is 16.3 Å². The molecule has 0 spiro atoms.